The number of rotatable bonds is 4. The van der Waals surface area contributed by atoms with E-state index in [2.05, 4.69) is 27.0 Å². The minimum atomic E-state index is -0.377. The Kier molecular flexibility index (Phi) is 4.89. The van der Waals surface area contributed by atoms with Gasteiger partial charge in [-0.05, 0) is 36.8 Å². The summed E-state index contributed by atoms with van der Waals surface area (Å²) in [5, 5.41) is 7.35. The number of carbonyl (C=O) groups excluding carboxylic acids is 2. The van der Waals surface area contributed by atoms with Crippen molar-refractivity contribution in [1.82, 2.24) is 24.6 Å². The van der Waals surface area contributed by atoms with Crippen LogP contribution in [-0.4, -0.2) is 36.5 Å². The van der Waals surface area contributed by atoms with E-state index < -0.39 is 0 Å². The summed E-state index contributed by atoms with van der Waals surface area (Å²) >= 11 is 0. The Hall–Kier alpha value is -4.47. The Labute approximate surface area is 188 Å². The molecule has 0 atom stereocenters. The van der Waals surface area contributed by atoms with Gasteiger partial charge in [0, 0.05) is 24.6 Å². The van der Waals surface area contributed by atoms with Crippen molar-refractivity contribution in [1.29, 1.82) is 0 Å². The molecule has 0 bridgehead atoms. The van der Waals surface area contributed by atoms with Gasteiger partial charge in [-0.1, -0.05) is 11.7 Å². The van der Waals surface area contributed by atoms with Crippen LogP contribution in [0.15, 0.2) is 54.0 Å². The van der Waals surface area contributed by atoms with Gasteiger partial charge in [0.2, 0.25) is 11.8 Å². The summed E-state index contributed by atoms with van der Waals surface area (Å²) in [6, 6.07) is 8.42. The van der Waals surface area contributed by atoms with Crippen LogP contribution in [0.25, 0.3) is 16.5 Å². The number of amides is 2. The van der Waals surface area contributed by atoms with E-state index >= 15 is 0 Å². The summed E-state index contributed by atoms with van der Waals surface area (Å²) in [6.45, 7) is 7.96. The largest absolute Gasteiger partial charge is 0.439 e. The zero-order valence-electron chi connectivity index (χ0n) is 18.0. The summed E-state index contributed by atoms with van der Waals surface area (Å²) in [5.41, 5.74) is 2.98. The van der Waals surface area contributed by atoms with Crippen LogP contribution in [0.3, 0.4) is 0 Å². The number of benzene rings is 1. The Morgan fingerprint density at radius 3 is 2.76 bits per heavy atom. The minimum absolute atomic E-state index is 0.0264. The molecule has 4 heterocycles. The number of fused-ring (bicyclic) bond motifs is 2. The Morgan fingerprint density at radius 1 is 1.15 bits per heavy atom. The molecule has 1 aromatic carbocycles. The molecule has 0 radical (unpaired) electrons. The van der Waals surface area contributed by atoms with Crippen LogP contribution in [0, 0.1) is 0 Å². The van der Waals surface area contributed by atoms with Gasteiger partial charge in [-0.2, -0.15) is 0 Å². The van der Waals surface area contributed by atoms with E-state index in [4.69, 9.17) is 9.26 Å². The normalized spacial score (nSPS) is 12.6. The average Bonchev–Trinajstić information content (AvgIpc) is 3.51. The molecule has 1 aliphatic heterocycles. The summed E-state index contributed by atoms with van der Waals surface area (Å²) in [7, 11) is 0. The van der Waals surface area contributed by atoms with Crippen LogP contribution >= 0.6 is 0 Å². The monoisotopic (exact) mass is 444 g/mol. The molecule has 1 N–H and O–H groups in total. The number of nitrogens with one attached hydrogen (secondary N) is 1. The van der Waals surface area contributed by atoms with Crippen molar-refractivity contribution < 1.29 is 18.8 Å². The van der Waals surface area contributed by atoms with E-state index in [1.54, 1.807) is 36.2 Å². The first-order valence-corrected chi connectivity index (χ1v) is 10.2. The third-order valence-electron chi connectivity index (χ3n) is 5.39. The molecular weight excluding hydrogens is 424 g/mol. The van der Waals surface area contributed by atoms with Gasteiger partial charge in [0.1, 0.15) is 12.1 Å². The van der Waals surface area contributed by atoms with Crippen LogP contribution in [0.5, 0.6) is 11.6 Å². The maximum absolute atomic E-state index is 12.7. The number of anilines is 1. The van der Waals surface area contributed by atoms with E-state index in [9.17, 15) is 9.59 Å². The highest BCUT2D eigenvalue weighted by Gasteiger charge is 2.26. The highest BCUT2D eigenvalue weighted by atomic mass is 16.5. The molecule has 0 fully saturated rings. The second-order valence-corrected chi connectivity index (χ2v) is 7.77. The van der Waals surface area contributed by atoms with Gasteiger partial charge in [0.05, 0.1) is 29.9 Å². The highest BCUT2D eigenvalue weighted by Crippen LogP contribution is 2.32. The van der Waals surface area contributed by atoms with Crippen LogP contribution in [-0.2, 0) is 17.9 Å². The van der Waals surface area contributed by atoms with Crippen molar-refractivity contribution in [2.45, 2.75) is 26.9 Å². The minimum Gasteiger partial charge on any atom is -0.439 e. The number of hydrogen-bond acceptors (Lipinski definition) is 7. The van der Waals surface area contributed by atoms with Crippen molar-refractivity contribution in [2.24, 2.45) is 0 Å². The SMILES string of the molecule is C=C(C)c1cc(NC(=O)n2ccc3cc(Oc4ncnc5c4CN(C(C)=O)C5)ccc32)no1. The summed E-state index contributed by atoms with van der Waals surface area (Å²) in [4.78, 5) is 34.6. The first-order valence-electron chi connectivity index (χ1n) is 10.2. The summed E-state index contributed by atoms with van der Waals surface area (Å²) < 4.78 is 12.6. The molecule has 0 aliphatic carbocycles. The zero-order chi connectivity index (χ0) is 23.1. The van der Waals surface area contributed by atoms with Crippen molar-refractivity contribution in [3.05, 3.63) is 66.5 Å². The number of aromatic nitrogens is 4. The molecule has 10 nitrogen and oxygen atoms in total. The number of allylic oxidation sites excluding steroid dienone is 1. The molecule has 0 unspecified atom stereocenters. The lowest BCUT2D eigenvalue weighted by atomic mass is 10.2. The maximum atomic E-state index is 12.7. The standard InChI is InChI=1S/C23H20N6O4/c1-13(2)20-9-21(27-33-20)26-23(31)29-7-6-15-8-16(4-5-19(15)29)32-22-17-10-28(14(3)30)11-18(17)24-12-25-22/h4-9,12H,1,10-11H2,2-3H3,(H,26,27,31). The Balaban J connectivity index is 1.36. The molecule has 1 aliphatic rings. The smallest absolute Gasteiger partial charge is 0.331 e. The van der Waals surface area contributed by atoms with Crippen LogP contribution in [0.1, 0.15) is 30.9 Å². The van der Waals surface area contributed by atoms with E-state index in [1.807, 2.05) is 12.1 Å². The van der Waals surface area contributed by atoms with Crippen LogP contribution in [0.2, 0.25) is 0 Å². The van der Waals surface area contributed by atoms with Crippen LogP contribution < -0.4 is 10.1 Å². The molecule has 0 spiro atoms. The van der Waals surface area contributed by atoms with Gasteiger partial charge < -0.3 is 14.2 Å². The molecule has 2 amide bonds. The van der Waals surface area contributed by atoms with Crippen molar-refractivity contribution >= 4 is 34.2 Å². The van der Waals surface area contributed by atoms with Gasteiger partial charge in [-0.15, -0.1) is 0 Å². The van der Waals surface area contributed by atoms with Gasteiger partial charge in [-0.3, -0.25) is 14.7 Å². The lowest BCUT2D eigenvalue weighted by molar-refractivity contribution is -0.129. The molecule has 0 saturated carbocycles. The first kappa shape index (κ1) is 20.4. The molecular formula is C23H20N6O4. The number of hydrogen-bond donors (Lipinski definition) is 1. The summed E-state index contributed by atoms with van der Waals surface area (Å²) in [6.07, 6.45) is 3.09. The molecule has 0 saturated heterocycles. The maximum Gasteiger partial charge on any atom is 0.331 e. The molecule has 3 aromatic heterocycles. The average molecular weight is 444 g/mol. The lowest BCUT2D eigenvalue weighted by Crippen LogP contribution is -2.21. The molecule has 10 heteroatoms. The predicted molar refractivity (Wildman–Crippen MR) is 120 cm³/mol. The van der Waals surface area contributed by atoms with E-state index in [-0.39, 0.29) is 11.9 Å². The second-order valence-electron chi connectivity index (χ2n) is 7.77. The number of carbonyl (C=O) groups is 2. The molecule has 5 rings (SSSR count). The van der Waals surface area contributed by atoms with Crippen molar-refractivity contribution in [3.8, 4) is 11.6 Å². The molecule has 166 valence electrons. The number of ether oxygens (including phenoxy) is 1. The Bertz CT molecular complexity index is 1420. The second kappa shape index (κ2) is 7.90. The van der Waals surface area contributed by atoms with Gasteiger partial charge in [0.15, 0.2) is 11.6 Å². The van der Waals surface area contributed by atoms with E-state index in [0.29, 0.717) is 47.4 Å². The molecule has 4 aromatic rings. The quantitative estimate of drug-likeness (QED) is 0.502. The van der Waals surface area contributed by atoms with E-state index in [0.717, 1.165) is 16.6 Å². The highest BCUT2D eigenvalue weighted by molar-refractivity contribution is 5.98. The third-order valence-corrected chi connectivity index (χ3v) is 5.39. The van der Waals surface area contributed by atoms with Gasteiger partial charge in [-0.25, -0.2) is 14.8 Å². The van der Waals surface area contributed by atoms with Gasteiger partial charge in [0.25, 0.3) is 0 Å². The first-order chi connectivity index (χ1) is 15.9. The zero-order valence-corrected chi connectivity index (χ0v) is 18.0. The lowest BCUT2D eigenvalue weighted by Gasteiger charge is -2.11. The number of nitrogens with zero attached hydrogens (tertiary/aromatic N) is 5. The fraction of sp³-hybridized carbons (Fsp3) is 0.174. The van der Waals surface area contributed by atoms with Crippen LogP contribution in [0.4, 0.5) is 10.6 Å². The van der Waals surface area contributed by atoms with E-state index in [1.165, 1.54) is 17.8 Å². The predicted octanol–water partition coefficient (Wildman–Crippen LogP) is 4.19. The Morgan fingerprint density at radius 2 is 2.00 bits per heavy atom. The summed E-state index contributed by atoms with van der Waals surface area (Å²) in [5.74, 6) is 1.76. The van der Waals surface area contributed by atoms with Crippen molar-refractivity contribution in [3.63, 3.8) is 0 Å². The van der Waals surface area contributed by atoms with Gasteiger partial charge >= 0.3 is 6.03 Å². The fourth-order valence-corrected chi connectivity index (χ4v) is 3.64. The topological polar surface area (TPSA) is 115 Å². The molecule has 33 heavy (non-hydrogen) atoms. The third kappa shape index (κ3) is 3.82. The van der Waals surface area contributed by atoms with Crippen molar-refractivity contribution in [2.75, 3.05) is 5.32 Å². The fourth-order valence-electron chi connectivity index (χ4n) is 3.64.